The average molecular weight is 607 g/mol. The van der Waals surface area contributed by atoms with Crippen LogP contribution in [0, 0.1) is 52.3 Å². The highest BCUT2D eigenvalue weighted by molar-refractivity contribution is 5.91. The lowest BCUT2D eigenvalue weighted by Crippen LogP contribution is -2.56. The standard InChI is InChI=1S/C33H50O10/c1-17-7-12-33(41-16-17)18(2)26-24(43-33)14-23-21-6-5-19-13-20(8-10-30(19,3)22(21)9-11-31(23,26)4)42-28(37)27(36)32(40,29(38)39)15-25(34)35/h17-24,26-27,36,40H,5-16H2,1-4H3,(H,34,35)(H,38,39)/t17-,18+,19+,20+,21?,22?,23+,24?,26?,27?,30+,31+,32?,33-/m1/s1. The van der Waals surface area contributed by atoms with Gasteiger partial charge >= 0.3 is 17.9 Å². The highest BCUT2D eigenvalue weighted by Gasteiger charge is 2.69. The lowest BCUT2D eigenvalue weighted by Gasteiger charge is -2.61. The summed E-state index contributed by atoms with van der Waals surface area (Å²) in [5.74, 6) is -1.67. The Morgan fingerprint density at radius 3 is 2.33 bits per heavy atom. The minimum atomic E-state index is -3.15. The molecule has 6 rings (SSSR count). The first-order valence-electron chi connectivity index (χ1n) is 16.5. The van der Waals surface area contributed by atoms with Gasteiger partial charge in [0.25, 0.3) is 0 Å². The Labute approximate surface area is 253 Å². The molecule has 0 bridgehead atoms. The highest BCUT2D eigenvalue weighted by Crippen LogP contribution is 2.71. The fraction of sp³-hybridized carbons (Fsp3) is 0.909. The number of hydrogen-bond acceptors (Lipinski definition) is 8. The van der Waals surface area contributed by atoms with E-state index < -0.39 is 47.9 Å². The van der Waals surface area contributed by atoms with Gasteiger partial charge < -0.3 is 34.6 Å². The summed E-state index contributed by atoms with van der Waals surface area (Å²) in [7, 11) is 0. The van der Waals surface area contributed by atoms with Crippen molar-refractivity contribution in [2.75, 3.05) is 6.61 Å². The number of carboxylic acids is 2. The van der Waals surface area contributed by atoms with E-state index >= 15 is 0 Å². The summed E-state index contributed by atoms with van der Waals surface area (Å²) >= 11 is 0. The molecule has 14 atom stereocenters. The molecule has 4 saturated carbocycles. The van der Waals surface area contributed by atoms with Crippen molar-refractivity contribution in [3.63, 3.8) is 0 Å². The second-order valence-corrected chi connectivity index (χ2v) is 15.7. The zero-order valence-electron chi connectivity index (χ0n) is 26.0. The van der Waals surface area contributed by atoms with Crippen molar-refractivity contribution >= 4 is 17.9 Å². The van der Waals surface area contributed by atoms with Crippen LogP contribution in [0.25, 0.3) is 0 Å². The third-order valence-corrected chi connectivity index (χ3v) is 13.6. The van der Waals surface area contributed by atoms with Gasteiger partial charge in [-0.1, -0.05) is 27.7 Å². The van der Waals surface area contributed by atoms with Crippen LogP contribution in [0.1, 0.15) is 98.3 Å². The van der Waals surface area contributed by atoms with Gasteiger partial charge in [-0.05, 0) is 104 Å². The zero-order chi connectivity index (χ0) is 31.1. The lowest BCUT2D eigenvalue weighted by molar-refractivity contribution is -0.273. The van der Waals surface area contributed by atoms with E-state index in [0.29, 0.717) is 54.3 Å². The third-order valence-electron chi connectivity index (χ3n) is 13.6. The summed E-state index contributed by atoms with van der Waals surface area (Å²) in [5, 5.41) is 39.0. The van der Waals surface area contributed by atoms with Gasteiger partial charge in [0.15, 0.2) is 11.9 Å². The molecule has 10 heteroatoms. The second kappa shape index (κ2) is 10.7. The van der Waals surface area contributed by atoms with Crippen molar-refractivity contribution < 1.29 is 49.0 Å². The van der Waals surface area contributed by atoms with Crippen molar-refractivity contribution in [2.45, 2.75) is 128 Å². The summed E-state index contributed by atoms with van der Waals surface area (Å²) in [6, 6.07) is 0. The molecule has 0 aromatic heterocycles. The summed E-state index contributed by atoms with van der Waals surface area (Å²) in [6.45, 7) is 10.3. The molecule has 2 saturated heterocycles. The molecule has 10 nitrogen and oxygen atoms in total. The zero-order valence-corrected chi connectivity index (χ0v) is 26.0. The predicted molar refractivity (Wildman–Crippen MR) is 152 cm³/mol. The molecule has 242 valence electrons. The number of rotatable bonds is 6. The van der Waals surface area contributed by atoms with Crippen LogP contribution < -0.4 is 0 Å². The number of fused-ring (bicyclic) bond motifs is 7. The normalized spacial score (nSPS) is 49.1. The molecule has 2 heterocycles. The van der Waals surface area contributed by atoms with Crippen molar-refractivity contribution in [3.05, 3.63) is 0 Å². The molecule has 4 aliphatic carbocycles. The number of hydrogen-bond donors (Lipinski definition) is 4. The molecule has 4 N–H and O–H groups in total. The topological polar surface area (TPSA) is 160 Å². The highest BCUT2D eigenvalue weighted by atomic mass is 16.7. The van der Waals surface area contributed by atoms with Gasteiger partial charge in [0.1, 0.15) is 6.10 Å². The minimum Gasteiger partial charge on any atom is -0.481 e. The molecule has 6 unspecified atom stereocenters. The Bertz CT molecular complexity index is 1130. The summed E-state index contributed by atoms with van der Waals surface area (Å²) in [5.41, 5.74) is -2.81. The molecular formula is C33H50O10. The van der Waals surface area contributed by atoms with E-state index in [2.05, 4.69) is 27.7 Å². The number of aliphatic hydroxyl groups excluding tert-OH is 1. The Hall–Kier alpha value is -1.75. The van der Waals surface area contributed by atoms with E-state index in [9.17, 15) is 29.7 Å². The molecule has 1 spiro atoms. The minimum absolute atomic E-state index is 0.102. The van der Waals surface area contributed by atoms with Crippen LogP contribution in [0.4, 0.5) is 0 Å². The van der Waals surface area contributed by atoms with Crippen molar-refractivity contribution in [1.82, 2.24) is 0 Å². The van der Waals surface area contributed by atoms with Crippen molar-refractivity contribution in [1.29, 1.82) is 0 Å². The van der Waals surface area contributed by atoms with Crippen LogP contribution in [0.3, 0.4) is 0 Å². The molecule has 0 amide bonds. The van der Waals surface area contributed by atoms with E-state index in [-0.39, 0.29) is 16.9 Å². The van der Waals surface area contributed by atoms with Crippen LogP contribution in [0.15, 0.2) is 0 Å². The van der Waals surface area contributed by atoms with Crippen LogP contribution in [0.2, 0.25) is 0 Å². The number of esters is 1. The summed E-state index contributed by atoms with van der Waals surface area (Å²) < 4.78 is 18.9. The number of carbonyl (C=O) groups is 3. The molecule has 2 aliphatic heterocycles. The van der Waals surface area contributed by atoms with Gasteiger partial charge in [-0.25, -0.2) is 9.59 Å². The second-order valence-electron chi connectivity index (χ2n) is 15.7. The molecule has 0 aromatic carbocycles. The van der Waals surface area contributed by atoms with E-state index in [0.717, 1.165) is 45.1 Å². The first-order chi connectivity index (χ1) is 20.1. The van der Waals surface area contributed by atoms with Gasteiger partial charge in [0.05, 0.1) is 19.1 Å². The maximum Gasteiger partial charge on any atom is 0.339 e. The first-order valence-corrected chi connectivity index (χ1v) is 16.5. The van der Waals surface area contributed by atoms with Crippen LogP contribution >= 0.6 is 0 Å². The van der Waals surface area contributed by atoms with E-state index in [4.69, 9.17) is 19.3 Å². The maximum absolute atomic E-state index is 12.7. The summed E-state index contributed by atoms with van der Waals surface area (Å²) in [4.78, 5) is 35.3. The number of aliphatic hydroxyl groups is 2. The molecule has 6 aliphatic rings. The van der Waals surface area contributed by atoms with E-state index in [1.807, 2.05) is 0 Å². The van der Waals surface area contributed by atoms with Gasteiger partial charge in [0.2, 0.25) is 5.60 Å². The first kappa shape index (κ1) is 31.2. The Kier molecular flexibility index (Phi) is 7.75. The monoisotopic (exact) mass is 606 g/mol. The largest absolute Gasteiger partial charge is 0.481 e. The fourth-order valence-corrected chi connectivity index (χ4v) is 11.3. The van der Waals surface area contributed by atoms with Gasteiger partial charge in [-0.2, -0.15) is 0 Å². The quantitative estimate of drug-likeness (QED) is 0.326. The van der Waals surface area contributed by atoms with Gasteiger partial charge in [-0.15, -0.1) is 0 Å². The van der Waals surface area contributed by atoms with Gasteiger partial charge in [-0.3, -0.25) is 4.79 Å². The molecule has 6 fully saturated rings. The maximum atomic E-state index is 12.7. The lowest BCUT2D eigenvalue weighted by atomic mass is 9.44. The molecular weight excluding hydrogens is 556 g/mol. The SMILES string of the molecule is C[C@@H]1CC[C@@]2(OC1)OC1C[C@H]3C4CC[C@H]5C[C@@H](OC(=O)C(O)C(O)(CC(=O)O)C(=O)O)CC[C@]5(C)C4CC[C@]3(C)C1[C@@H]2C. The average Bonchev–Trinajstić information content (AvgIpc) is 3.39. The van der Waals surface area contributed by atoms with Crippen molar-refractivity contribution in [3.8, 4) is 0 Å². The third kappa shape index (κ3) is 4.76. The molecule has 0 aromatic rings. The smallest absolute Gasteiger partial charge is 0.339 e. The van der Waals surface area contributed by atoms with Crippen LogP contribution in [0.5, 0.6) is 0 Å². The number of aliphatic carboxylic acids is 2. The number of carboxylic acid groups (broad SMARTS) is 2. The van der Waals surface area contributed by atoms with E-state index in [1.54, 1.807) is 0 Å². The predicted octanol–water partition coefficient (Wildman–Crippen LogP) is 4.00. The Morgan fingerprint density at radius 2 is 1.67 bits per heavy atom. The number of ether oxygens (including phenoxy) is 3. The Morgan fingerprint density at radius 1 is 0.953 bits per heavy atom. The fourth-order valence-electron chi connectivity index (χ4n) is 11.3. The van der Waals surface area contributed by atoms with Crippen molar-refractivity contribution in [2.24, 2.45) is 52.3 Å². The van der Waals surface area contributed by atoms with Crippen LogP contribution in [-0.4, -0.2) is 74.6 Å². The summed E-state index contributed by atoms with van der Waals surface area (Å²) in [6.07, 6.45) is 5.78. The number of carbonyl (C=O) groups excluding carboxylic acids is 1. The van der Waals surface area contributed by atoms with Crippen LogP contribution in [-0.2, 0) is 28.6 Å². The molecule has 0 radical (unpaired) electrons. The van der Waals surface area contributed by atoms with E-state index in [1.165, 1.54) is 12.8 Å². The Balaban J connectivity index is 1.11. The molecule has 43 heavy (non-hydrogen) atoms. The van der Waals surface area contributed by atoms with Gasteiger partial charge in [0, 0.05) is 12.3 Å².